The first-order valence-corrected chi connectivity index (χ1v) is 10.1. The lowest BCUT2D eigenvalue weighted by molar-refractivity contribution is -0.119. The number of benzene rings is 3. The van der Waals surface area contributed by atoms with Gasteiger partial charge in [-0.2, -0.15) is 0 Å². The van der Waals surface area contributed by atoms with Gasteiger partial charge in [-0.15, -0.1) is 11.8 Å². The van der Waals surface area contributed by atoms with Crippen molar-refractivity contribution in [3.63, 3.8) is 0 Å². The van der Waals surface area contributed by atoms with Gasteiger partial charge in [0.25, 0.3) is 0 Å². The Morgan fingerprint density at radius 1 is 0.929 bits per heavy atom. The molecule has 0 saturated heterocycles. The van der Waals surface area contributed by atoms with E-state index in [2.05, 4.69) is 12.2 Å². The van der Waals surface area contributed by atoms with E-state index in [0.717, 1.165) is 16.9 Å². The smallest absolute Gasteiger partial charge is 0.231 e. The fraction of sp³-hybridized carbons (Fsp3) is 0.174. The fourth-order valence-electron chi connectivity index (χ4n) is 2.87. The highest BCUT2D eigenvalue weighted by atomic mass is 32.2. The summed E-state index contributed by atoms with van der Waals surface area (Å²) in [5, 5.41) is 3.00. The molecule has 0 spiro atoms. The fourth-order valence-corrected chi connectivity index (χ4v) is 3.58. The highest BCUT2D eigenvalue weighted by molar-refractivity contribution is 8.00. The molecular weight excluding hydrogens is 376 g/mol. The molecule has 0 aliphatic rings. The van der Waals surface area contributed by atoms with Gasteiger partial charge in [-0.1, -0.05) is 43.3 Å². The standard InChI is InChI=1S/C23H21F2NOS/c1-2-16-6-8-17(9-7-16)23(18-4-3-5-20(25)14-18)26-22(27)15-28-21-12-10-19(24)11-13-21/h3-14,23H,2,15H2,1H3,(H,26,27). The average molecular weight is 397 g/mol. The Balaban J connectivity index is 1.76. The number of amides is 1. The molecule has 3 aromatic carbocycles. The summed E-state index contributed by atoms with van der Waals surface area (Å²) in [5.41, 5.74) is 2.77. The van der Waals surface area contributed by atoms with Crippen LogP contribution in [0.25, 0.3) is 0 Å². The maximum absolute atomic E-state index is 13.8. The Hall–Kier alpha value is -2.66. The van der Waals surface area contributed by atoms with Gasteiger partial charge in [0.2, 0.25) is 5.91 Å². The Labute approximate surface area is 168 Å². The number of aryl methyl sites for hydroxylation is 1. The second-order valence-corrected chi connectivity index (χ2v) is 7.44. The minimum absolute atomic E-state index is 0.178. The van der Waals surface area contributed by atoms with Gasteiger partial charge < -0.3 is 5.32 Å². The first-order chi connectivity index (χ1) is 13.5. The van der Waals surface area contributed by atoms with Crippen LogP contribution in [0.2, 0.25) is 0 Å². The Morgan fingerprint density at radius 3 is 2.29 bits per heavy atom. The van der Waals surface area contributed by atoms with Crippen LogP contribution in [-0.2, 0) is 11.2 Å². The molecule has 3 aromatic rings. The van der Waals surface area contributed by atoms with Gasteiger partial charge in [-0.05, 0) is 59.5 Å². The average Bonchev–Trinajstić information content (AvgIpc) is 2.72. The van der Waals surface area contributed by atoms with E-state index in [1.807, 2.05) is 24.3 Å². The normalized spacial score (nSPS) is 11.8. The van der Waals surface area contributed by atoms with Gasteiger partial charge in [0.05, 0.1) is 11.8 Å². The van der Waals surface area contributed by atoms with Crippen molar-refractivity contribution in [2.45, 2.75) is 24.3 Å². The van der Waals surface area contributed by atoms with Gasteiger partial charge >= 0.3 is 0 Å². The molecule has 28 heavy (non-hydrogen) atoms. The van der Waals surface area contributed by atoms with Gasteiger partial charge in [-0.25, -0.2) is 8.78 Å². The summed E-state index contributed by atoms with van der Waals surface area (Å²) in [6.07, 6.45) is 0.922. The number of hydrogen-bond donors (Lipinski definition) is 1. The zero-order valence-corrected chi connectivity index (χ0v) is 16.3. The van der Waals surface area contributed by atoms with E-state index < -0.39 is 6.04 Å². The van der Waals surface area contributed by atoms with Crippen LogP contribution in [0, 0.1) is 11.6 Å². The number of carbonyl (C=O) groups is 1. The number of rotatable bonds is 7. The highest BCUT2D eigenvalue weighted by Crippen LogP contribution is 2.24. The van der Waals surface area contributed by atoms with E-state index in [4.69, 9.17) is 0 Å². The molecule has 3 rings (SSSR count). The van der Waals surface area contributed by atoms with Crippen LogP contribution in [0.3, 0.4) is 0 Å². The predicted molar refractivity (Wildman–Crippen MR) is 109 cm³/mol. The molecule has 1 N–H and O–H groups in total. The van der Waals surface area contributed by atoms with E-state index in [9.17, 15) is 13.6 Å². The monoisotopic (exact) mass is 397 g/mol. The lowest BCUT2D eigenvalue weighted by Gasteiger charge is -2.20. The van der Waals surface area contributed by atoms with Crippen molar-refractivity contribution in [2.24, 2.45) is 0 Å². The molecule has 0 saturated carbocycles. The van der Waals surface area contributed by atoms with Crippen LogP contribution < -0.4 is 5.32 Å². The highest BCUT2D eigenvalue weighted by Gasteiger charge is 2.17. The number of hydrogen-bond acceptors (Lipinski definition) is 2. The third-order valence-corrected chi connectivity index (χ3v) is 5.40. The zero-order valence-electron chi connectivity index (χ0n) is 15.5. The first-order valence-electron chi connectivity index (χ1n) is 9.07. The van der Waals surface area contributed by atoms with Crippen molar-refractivity contribution in [1.29, 1.82) is 0 Å². The molecule has 1 unspecified atom stereocenters. The van der Waals surface area contributed by atoms with E-state index >= 15 is 0 Å². The molecule has 1 atom stereocenters. The van der Waals surface area contributed by atoms with Crippen LogP contribution in [-0.4, -0.2) is 11.7 Å². The van der Waals surface area contributed by atoms with Gasteiger partial charge in [0, 0.05) is 4.90 Å². The third-order valence-electron chi connectivity index (χ3n) is 4.39. The predicted octanol–water partition coefficient (Wildman–Crippen LogP) is 5.53. The second kappa shape index (κ2) is 9.51. The maximum Gasteiger partial charge on any atom is 0.231 e. The molecule has 0 bridgehead atoms. The van der Waals surface area contributed by atoms with Crippen LogP contribution in [0.1, 0.15) is 29.7 Å². The molecule has 0 heterocycles. The van der Waals surface area contributed by atoms with Crippen LogP contribution in [0.15, 0.2) is 77.7 Å². The second-order valence-electron chi connectivity index (χ2n) is 6.39. The lowest BCUT2D eigenvalue weighted by atomic mass is 9.97. The summed E-state index contributed by atoms with van der Waals surface area (Å²) in [4.78, 5) is 13.4. The van der Waals surface area contributed by atoms with Crippen LogP contribution in [0.4, 0.5) is 8.78 Å². The summed E-state index contributed by atoms with van der Waals surface area (Å²) in [6.45, 7) is 2.08. The van der Waals surface area contributed by atoms with Gasteiger partial charge in [0.1, 0.15) is 11.6 Å². The molecule has 0 fully saturated rings. The van der Waals surface area contributed by atoms with Crippen molar-refractivity contribution in [1.82, 2.24) is 5.32 Å². The lowest BCUT2D eigenvalue weighted by Crippen LogP contribution is -2.30. The summed E-state index contributed by atoms with van der Waals surface area (Å²) in [5.74, 6) is -0.647. The SMILES string of the molecule is CCc1ccc(C(NC(=O)CSc2ccc(F)cc2)c2cccc(F)c2)cc1. The minimum atomic E-state index is -0.442. The summed E-state index contributed by atoms with van der Waals surface area (Å²) >= 11 is 1.33. The van der Waals surface area contributed by atoms with E-state index in [-0.39, 0.29) is 23.3 Å². The molecule has 0 aliphatic heterocycles. The number of halogens is 2. The van der Waals surface area contributed by atoms with E-state index in [1.165, 1.54) is 41.6 Å². The van der Waals surface area contributed by atoms with Crippen molar-refractivity contribution >= 4 is 17.7 Å². The van der Waals surface area contributed by atoms with Crippen molar-refractivity contribution < 1.29 is 13.6 Å². The molecule has 0 aromatic heterocycles. The molecule has 0 aliphatic carbocycles. The summed E-state index contributed by atoms with van der Waals surface area (Å²) in [7, 11) is 0. The Morgan fingerprint density at radius 2 is 1.64 bits per heavy atom. The van der Waals surface area contributed by atoms with E-state index in [0.29, 0.717) is 5.56 Å². The van der Waals surface area contributed by atoms with E-state index in [1.54, 1.807) is 24.3 Å². The number of nitrogens with one attached hydrogen (secondary N) is 1. The molecule has 1 amide bonds. The topological polar surface area (TPSA) is 29.1 Å². The summed E-state index contributed by atoms with van der Waals surface area (Å²) in [6, 6.07) is 19.8. The van der Waals surface area contributed by atoms with Gasteiger partial charge in [0.15, 0.2) is 0 Å². The Bertz CT molecular complexity index is 926. The number of thioether (sulfide) groups is 1. The van der Waals surface area contributed by atoms with Crippen molar-refractivity contribution in [3.05, 3.63) is 101 Å². The molecule has 2 nitrogen and oxygen atoms in total. The summed E-state index contributed by atoms with van der Waals surface area (Å²) < 4.78 is 26.8. The third kappa shape index (κ3) is 5.42. The quantitative estimate of drug-likeness (QED) is 0.532. The first kappa shape index (κ1) is 20.1. The Kier molecular flexibility index (Phi) is 6.82. The van der Waals surface area contributed by atoms with Crippen molar-refractivity contribution in [3.8, 4) is 0 Å². The van der Waals surface area contributed by atoms with Gasteiger partial charge in [-0.3, -0.25) is 4.79 Å². The minimum Gasteiger partial charge on any atom is -0.344 e. The molecule has 144 valence electrons. The van der Waals surface area contributed by atoms with Crippen LogP contribution in [0.5, 0.6) is 0 Å². The van der Waals surface area contributed by atoms with Crippen LogP contribution >= 0.6 is 11.8 Å². The maximum atomic E-state index is 13.8. The number of carbonyl (C=O) groups excluding carboxylic acids is 1. The molecule has 0 radical (unpaired) electrons. The largest absolute Gasteiger partial charge is 0.344 e. The van der Waals surface area contributed by atoms with Crippen molar-refractivity contribution in [2.75, 3.05) is 5.75 Å². The molecule has 5 heteroatoms. The molecular formula is C23H21F2NOS. The zero-order chi connectivity index (χ0) is 19.9.